The third kappa shape index (κ3) is 4.11. The van der Waals surface area contributed by atoms with Gasteiger partial charge in [-0.25, -0.2) is 0 Å². The number of ether oxygens (including phenoxy) is 1. The largest absolute Gasteiger partial charge is 0.495 e. The van der Waals surface area contributed by atoms with E-state index in [1.165, 1.54) is 14.0 Å². The summed E-state index contributed by atoms with van der Waals surface area (Å²) < 4.78 is 5.32. The average Bonchev–Trinajstić information content (AvgIpc) is 2.65. The highest BCUT2D eigenvalue weighted by Gasteiger charge is 2.15. The van der Waals surface area contributed by atoms with Gasteiger partial charge in [-0.2, -0.15) is 0 Å². The fourth-order valence-corrected chi connectivity index (χ4v) is 3.27. The molecule has 0 aliphatic carbocycles. The van der Waals surface area contributed by atoms with Crippen molar-refractivity contribution < 1.29 is 14.3 Å². The van der Waals surface area contributed by atoms with Crippen LogP contribution in [-0.4, -0.2) is 23.9 Å². The Bertz CT molecular complexity index is 1060. The first-order valence-electron chi connectivity index (χ1n) is 8.99. The second kappa shape index (κ2) is 8.08. The molecule has 6 heteroatoms. The first-order valence-corrected chi connectivity index (χ1v) is 8.99. The summed E-state index contributed by atoms with van der Waals surface area (Å²) in [6, 6.07) is 13.0. The predicted octanol–water partition coefficient (Wildman–Crippen LogP) is 4.00. The lowest BCUT2D eigenvalue weighted by atomic mass is 9.99. The van der Waals surface area contributed by atoms with Gasteiger partial charge in [-0.3, -0.25) is 14.6 Å². The van der Waals surface area contributed by atoms with Crippen molar-refractivity contribution in [3.05, 3.63) is 59.3 Å². The monoisotopic (exact) mass is 377 g/mol. The van der Waals surface area contributed by atoms with Crippen LogP contribution in [0.25, 0.3) is 10.9 Å². The molecule has 6 nitrogen and oxygen atoms in total. The smallest absolute Gasteiger partial charge is 0.228 e. The normalized spacial score (nSPS) is 10.6. The maximum atomic E-state index is 12.7. The lowest BCUT2D eigenvalue weighted by Crippen LogP contribution is -2.17. The van der Waals surface area contributed by atoms with Crippen LogP contribution in [0.15, 0.2) is 42.5 Å². The van der Waals surface area contributed by atoms with Crippen molar-refractivity contribution in [2.75, 3.05) is 17.7 Å². The lowest BCUT2D eigenvalue weighted by Gasteiger charge is -2.15. The molecule has 0 aliphatic heterocycles. The van der Waals surface area contributed by atoms with Gasteiger partial charge in [-0.15, -0.1) is 0 Å². The number of nitrogens with zero attached hydrogens (tertiary/aromatic N) is 1. The molecule has 0 atom stereocenters. The standard InChI is InChI=1S/C22H23N3O3/c1-13-17-7-5-6-8-19(17)23-14(2)18(13)12-22(27)25-20-11-16(24-15(3)26)9-10-21(20)28-4/h5-11H,12H2,1-4H3,(H,24,26)(H,25,27). The van der Waals surface area contributed by atoms with E-state index in [1.807, 2.05) is 38.1 Å². The number of carbonyl (C=O) groups excluding carboxylic acids is 2. The maximum Gasteiger partial charge on any atom is 0.228 e. The van der Waals surface area contributed by atoms with Crippen LogP contribution < -0.4 is 15.4 Å². The van der Waals surface area contributed by atoms with E-state index < -0.39 is 0 Å². The Morgan fingerprint density at radius 1 is 1.07 bits per heavy atom. The highest BCUT2D eigenvalue weighted by molar-refractivity contribution is 5.97. The van der Waals surface area contributed by atoms with E-state index >= 15 is 0 Å². The number of hydrogen-bond acceptors (Lipinski definition) is 4. The van der Waals surface area contributed by atoms with Crippen LogP contribution in [0.2, 0.25) is 0 Å². The SMILES string of the molecule is COc1ccc(NC(C)=O)cc1NC(=O)Cc1c(C)nc2ccccc2c1C. The summed E-state index contributed by atoms with van der Waals surface area (Å²) in [6.07, 6.45) is 0.197. The van der Waals surface area contributed by atoms with Gasteiger partial charge in [0, 0.05) is 23.7 Å². The van der Waals surface area contributed by atoms with E-state index in [1.54, 1.807) is 18.2 Å². The van der Waals surface area contributed by atoms with Crippen molar-refractivity contribution in [3.8, 4) is 5.75 Å². The Labute approximate surface area is 163 Å². The second-order valence-corrected chi connectivity index (χ2v) is 6.64. The van der Waals surface area contributed by atoms with E-state index in [0.717, 1.165) is 27.7 Å². The molecule has 2 N–H and O–H groups in total. The average molecular weight is 377 g/mol. The quantitative estimate of drug-likeness (QED) is 0.704. The molecule has 0 saturated heterocycles. The van der Waals surface area contributed by atoms with Crippen LogP contribution >= 0.6 is 0 Å². The third-order valence-corrected chi connectivity index (χ3v) is 4.62. The van der Waals surface area contributed by atoms with Crippen molar-refractivity contribution in [3.63, 3.8) is 0 Å². The first kappa shape index (κ1) is 19.4. The molecule has 28 heavy (non-hydrogen) atoms. The molecule has 0 unspecified atom stereocenters. The van der Waals surface area contributed by atoms with E-state index in [4.69, 9.17) is 4.74 Å². The van der Waals surface area contributed by atoms with E-state index in [-0.39, 0.29) is 18.2 Å². The fourth-order valence-electron chi connectivity index (χ4n) is 3.27. The molecule has 1 heterocycles. The highest BCUT2D eigenvalue weighted by atomic mass is 16.5. The van der Waals surface area contributed by atoms with Crippen LogP contribution in [0.4, 0.5) is 11.4 Å². The van der Waals surface area contributed by atoms with Crippen molar-refractivity contribution >= 4 is 34.1 Å². The molecule has 1 aromatic heterocycles. The number of anilines is 2. The zero-order chi connectivity index (χ0) is 20.3. The highest BCUT2D eigenvalue weighted by Crippen LogP contribution is 2.29. The number of aryl methyl sites for hydroxylation is 2. The van der Waals surface area contributed by atoms with Crippen molar-refractivity contribution in [2.24, 2.45) is 0 Å². The number of rotatable bonds is 5. The minimum absolute atomic E-state index is 0.179. The molecular weight excluding hydrogens is 354 g/mol. The summed E-state index contributed by atoms with van der Waals surface area (Å²) >= 11 is 0. The van der Waals surface area contributed by atoms with Gasteiger partial charge in [0.25, 0.3) is 0 Å². The molecule has 0 spiro atoms. The van der Waals surface area contributed by atoms with Crippen LogP contribution in [-0.2, 0) is 16.0 Å². The molecule has 0 radical (unpaired) electrons. The summed E-state index contributed by atoms with van der Waals surface area (Å²) in [5, 5.41) is 6.63. The number of carbonyl (C=O) groups is 2. The van der Waals surface area contributed by atoms with Gasteiger partial charge in [0.1, 0.15) is 5.75 Å². The van der Waals surface area contributed by atoms with Gasteiger partial charge in [0.15, 0.2) is 0 Å². The van der Waals surface area contributed by atoms with Gasteiger partial charge in [-0.1, -0.05) is 18.2 Å². The van der Waals surface area contributed by atoms with Gasteiger partial charge in [0.2, 0.25) is 11.8 Å². The zero-order valence-corrected chi connectivity index (χ0v) is 16.4. The number of para-hydroxylation sites is 1. The lowest BCUT2D eigenvalue weighted by molar-refractivity contribution is -0.116. The molecule has 0 saturated carbocycles. The van der Waals surface area contributed by atoms with Gasteiger partial charge < -0.3 is 15.4 Å². The second-order valence-electron chi connectivity index (χ2n) is 6.64. The summed E-state index contributed by atoms with van der Waals surface area (Å²) in [5.41, 5.74) is 4.81. The van der Waals surface area contributed by atoms with E-state index in [2.05, 4.69) is 15.6 Å². The van der Waals surface area contributed by atoms with Crippen molar-refractivity contribution in [1.82, 2.24) is 4.98 Å². The topological polar surface area (TPSA) is 80.3 Å². The Morgan fingerprint density at radius 2 is 1.82 bits per heavy atom. The molecular formula is C22H23N3O3. The Morgan fingerprint density at radius 3 is 2.54 bits per heavy atom. The molecule has 3 rings (SSSR count). The van der Waals surface area contributed by atoms with Crippen LogP contribution in [0, 0.1) is 13.8 Å². The summed E-state index contributed by atoms with van der Waals surface area (Å²) in [5.74, 6) is 0.157. The Hall–Kier alpha value is -3.41. The van der Waals surface area contributed by atoms with Gasteiger partial charge in [-0.05, 0) is 49.2 Å². The number of benzene rings is 2. The number of fused-ring (bicyclic) bond motifs is 1. The predicted molar refractivity (Wildman–Crippen MR) is 111 cm³/mol. The maximum absolute atomic E-state index is 12.7. The Kier molecular flexibility index (Phi) is 5.59. The summed E-state index contributed by atoms with van der Waals surface area (Å²) in [6.45, 7) is 5.36. The molecule has 2 aromatic carbocycles. The Balaban J connectivity index is 1.87. The van der Waals surface area contributed by atoms with Gasteiger partial charge >= 0.3 is 0 Å². The minimum atomic E-state index is -0.184. The number of aromatic nitrogens is 1. The molecule has 0 aliphatic rings. The molecule has 3 aromatic rings. The molecule has 0 bridgehead atoms. The number of methoxy groups -OCH3 is 1. The zero-order valence-electron chi connectivity index (χ0n) is 16.4. The number of nitrogens with one attached hydrogen (secondary N) is 2. The fraction of sp³-hybridized carbons (Fsp3) is 0.227. The minimum Gasteiger partial charge on any atom is -0.495 e. The van der Waals surface area contributed by atoms with Crippen LogP contribution in [0.5, 0.6) is 5.75 Å². The molecule has 0 fully saturated rings. The van der Waals surface area contributed by atoms with Crippen molar-refractivity contribution in [2.45, 2.75) is 27.2 Å². The van der Waals surface area contributed by atoms with E-state index in [9.17, 15) is 9.59 Å². The van der Waals surface area contributed by atoms with Crippen LogP contribution in [0.1, 0.15) is 23.7 Å². The first-order chi connectivity index (χ1) is 13.4. The molecule has 144 valence electrons. The number of amides is 2. The third-order valence-electron chi connectivity index (χ3n) is 4.62. The number of pyridine rings is 1. The van der Waals surface area contributed by atoms with Gasteiger partial charge in [0.05, 0.1) is 24.7 Å². The van der Waals surface area contributed by atoms with Crippen molar-refractivity contribution in [1.29, 1.82) is 0 Å². The number of hydrogen-bond donors (Lipinski definition) is 2. The summed E-state index contributed by atoms with van der Waals surface area (Å²) in [4.78, 5) is 28.7. The summed E-state index contributed by atoms with van der Waals surface area (Å²) in [7, 11) is 1.53. The van der Waals surface area contributed by atoms with Crippen LogP contribution in [0.3, 0.4) is 0 Å². The van der Waals surface area contributed by atoms with E-state index in [0.29, 0.717) is 17.1 Å². The molecule has 2 amide bonds.